The Labute approximate surface area is 144 Å². The van der Waals surface area contributed by atoms with Crippen LogP contribution in [0.4, 0.5) is 5.69 Å². The monoisotopic (exact) mass is 369 g/mol. The minimum absolute atomic E-state index is 0.0878. The fourth-order valence-electron chi connectivity index (χ4n) is 3.06. The Kier molecular flexibility index (Phi) is 4.15. The van der Waals surface area contributed by atoms with Gasteiger partial charge < -0.3 is 4.57 Å². The van der Waals surface area contributed by atoms with Gasteiger partial charge in [0.25, 0.3) is 5.69 Å². The van der Waals surface area contributed by atoms with E-state index in [1.54, 1.807) is 0 Å². The van der Waals surface area contributed by atoms with Crippen molar-refractivity contribution >= 4 is 27.3 Å². The van der Waals surface area contributed by atoms with Crippen LogP contribution >= 0.6 is 11.6 Å². The van der Waals surface area contributed by atoms with Gasteiger partial charge in [-0.25, -0.2) is 8.42 Å². The zero-order chi connectivity index (χ0) is 17.6. The molecule has 0 N–H and O–H groups in total. The first-order valence-electron chi connectivity index (χ1n) is 7.35. The van der Waals surface area contributed by atoms with Crippen molar-refractivity contribution in [3.8, 4) is 0 Å². The number of fused-ring (bicyclic) bond motifs is 1. The summed E-state index contributed by atoms with van der Waals surface area (Å²) in [5.41, 5.74) is 1.57. The summed E-state index contributed by atoms with van der Waals surface area (Å²) in [6, 6.07) is 7.07. The van der Waals surface area contributed by atoms with Crippen molar-refractivity contribution in [3.05, 3.63) is 56.9 Å². The molecule has 0 amide bonds. The molecule has 0 radical (unpaired) electrons. The van der Waals surface area contributed by atoms with Gasteiger partial charge in [0.05, 0.1) is 15.9 Å². The minimum atomic E-state index is -3.86. The maximum Gasteiger partial charge on any atom is 0.289 e. The molecule has 0 saturated heterocycles. The SMILES string of the molecule is Cc1ccc2n1CCN(S(=O)(=O)c1ccc(Cl)c([N+](=O)[O-])c1)[C@H]2C. The summed E-state index contributed by atoms with van der Waals surface area (Å²) in [6.45, 7) is 4.64. The molecule has 1 aliphatic heterocycles. The maximum absolute atomic E-state index is 13.0. The highest BCUT2D eigenvalue weighted by atomic mass is 35.5. The van der Waals surface area contributed by atoms with Crippen LogP contribution in [0, 0.1) is 17.0 Å². The van der Waals surface area contributed by atoms with Gasteiger partial charge in [0.2, 0.25) is 10.0 Å². The van der Waals surface area contributed by atoms with Crippen LogP contribution in [0.1, 0.15) is 24.4 Å². The molecule has 3 rings (SSSR count). The molecule has 1 atom stereocenters. The Bertz CT molecular complexity index is 923. The normalized spacial score (nSPS) is 18.4. The van der Waals surface area contributed by atoms with E-state index in [-0.39, 0.29) is 16.0 Å². The first-order chi connectivity index (χ1) is 11.2. The molecule has 0 fully saturated rings. The van der Waals surface area contributed by atoms with Crippen molar-refractivity contribution in [2.75, 3.05) is 6.54 Å². The van der Waals surface area contributed by atoms with Gasteiger partial charge in [-0.2, -0.15) is 4.31 Å². The summed E-state index contributed by atoms with van der Waals surface area (Å²) >= 11 is 5.77. The molecule has 0 spiro atoms. The van der Waals surface area contributed by atoms with E-state index in [4.69, 9.17) is 11.6 Å². The topological polar surface area (TPSA) is 85.5 Å². The second-order valence-electron chi connectivity index (χ2n) is 5.71. The zero-order valence-electron chi connectivity index (χ0n) is 13.1. The molecule has 2 heterocycles. The predicted octanol–water partition coefficient (Wildman–Crippen LogP) is 3.12. The van der Waals surface area contributed by atoms with E-state index >= 15 is 0 Å². The fourth-order valence-corrected chi connectivity index (χ4v) is 4.86. The Morgan fingerprint density at radius 2 is 1.96 bits per heavy atom. The minimum Gasteiger partial charge on any atom is -0.346 e. The number of nitro groups is 1. The van der Waals surface area contributed by atoms with Crippen molar-refractivity contribution < 1.29 is 13.3 Å². The number of nitro benzene ring substituents is 1. The third-order valence-electron chi connectivity index (χ3n) is 4.36. The number of hydrogen-bond donors (Lipinski definition) is 0. The molecule has 9 heteroatoms. The molecule has 24 heavy (non-hydrogen) atoms. The molecule has 1 aromatic heterocycles. The second-order valence-corrected chi connectivity index (χ2v) is 8.01. The molecular formula is C15H16ClN3O4S. The quantitative estimate of drug-likeness (QED) is 0.614. The van der Waals surface area contributed by atoms with E-state index < -0.39 is 20.6 Å². The number of halogens is 1. The molecule has 0 bridgehead atoms. The van der Waals surface area contributed by atoms with Gasteiger partial charge in [-0.3, -0.25) is 10.1 Å². The number of hydrogen-bond acceptors (Lipinski definition) is 4. The number of sulfonamides is 1. The predicted molar refractivity (Wildman–Crippen MR) is 89.6 cm³/mol. The smallest absolute Gasteiger partial charge is 0.289 e. The summed E-state index contributed by atoms with van der Waals surface area (Å²) in [5.74, 6) is 0. The zero-order valence-corrected chi connectivity index (χ0v) is 14.7. The van der Waals surface area contributed by atoms with E-state index in [9.17, 15) is 18.5 Å². The third kappa shape index (κ3) is 2.60. The molecular weight excluding hydrogens is 354 g/mol. The molecule has 0 aliphatic carbocycles. The summed E-state index contributed by atoms with van der Waals surface area (Å²) < 4.78 is 29.4. The number of rotatable bonds is 3. The molecule has 0 unspecified atom stereocenters. The lowest BCUT2D eigenvalue weighted by atomic mass is 10.2. The van der Waals surface area contributed by atoms with Crippen LogP contribution in [-0.2, 0) is 16.6 Å². The van der Waals surface area contributed by atoms with E-state index in [1.165, 1.54) is 16.4 Å². The van der Waals surface area contributed by atoms with Gasteiger partial charge in [-0.15, -0.1) is 0 Å². The van der Waals surface area contributed by atoms with Crippen LogP contribution in [-0.4, -0.2) is 28.8 Å². The number of aryl methyl sites for hydroxylation is 1. The molecule has 1 aliphatic rings. The average Bonchev–Trinajstić information content (AvgIpc) is 2.89. The lowest BCUT2D eigenvalue weighted by molar-refractivity contribution is -0.384. The summed E-state index contributed by atoms with van der Waals surface area (Å²) in [5, 5.41) is 10.9. The van der Waals surface area contributed by atoms with Crippen LogP contribution in [0.5, 0.6) is 0 Å². The van der Waals surface area contributed by atoms with Gasteiger partial charge in [0.15, 0.2) is 0 Å². The van der Waals surface area contributed by atoms with E-state index in [2.05, 4.69) is 4.57 Å². The van der Waals surface area contributed by atoms with Gasteiger partial charge >= 0.3 is 0 Å². The number of aromatic nitrogens is 1. The van der Waals surface area contributed by atoms with E-state index in [1.807, 2.05) is 26.0 Å². The Morgan fingerprint density at radius 1 is 1.25 bits per heavy atom. The lowest BCUT2D eigenvalue weighted by Gasteiger charge is -2.34. The van der Waals surface area contributed by atoms with Crippen LogP contribution in [0.3, 0.4) is 0 Å². The van der Waals surface area contributed by atoms with Gasteiger partial charge in [0, 0.05) is 30.5 Å². The second kappa shape index (κ2) is 5.87. The largest absolute Gasteiger partial charge is 0.346 e. The highest BCUT2D eigenvalue weighted by molar-refractivity contribution is 7.89. The van der Waals surface area contributed by atoms with Crippen LogP contribution in [0.2, 0.25) is 5.02 Å². The summed E-state index contributed by atoms with van der Waals surface area (Å²) in [4.78, 5) is 10.2. The van der Waals surface area contributed by atoms with Crippen molar-refractivity contribution in [3.63, 3.8) is 0 Å². The first kappa shape index (κ1) is 16.9. The summed E-state index contributed by atoms with van der Waals surface area (Å²) in [6.07, 6.45) is 0. The highest BCUT2D eigenvalue weighted by Gasteiger charge is 2.35. The van der Waals surface area contributed by atoms with Crippen molar-refractivity contribution in [1.29, 1.82) is 0 Å². The Balaban J connectivity index is 2.03. The van der Waals surface area contributed by atoms with E-state index in [0.29, 0.717) is 13.1 Å². The Hall–Kier alpha value is -1.90. The summed E-state index contributed by atoms with van der Waals surface area (Å²) in [7, 11) is -3.86. The van der Waals surface area contributed by atoms with Crippen molar-refractivity contribution in [2.24, 2.45) is 0 Å². The van der Waals surface area contributed by atoms with Crippen molar-refractivity contribution in [2.45, 2.75) is 31.3 Å². The fraction of sp³-hybridized carbons (Fsp3) is 0.333. The standard InChI is InChI=1S/C15H16ClN3O4S/c1-10-3-6-14-11(2)18(8-7-17(10)14)24(22,23)12-4-5-13(16)15(9-12)19(20)21/h3-6,9,11H,7-8H2,1-2H3/t11-/m0/s1. The first-order valence-corrected chi connectivity index (χ1v) is 9.17. The molecule has 128 valence electrons. The van der Waals surface area contributed by atoms with Gasteiger partial charge in [-0.05, 0) is 38.1 Å². The number of benzene rings is 1. The molecule has 0 saturated carbocycles. The molecule has 1 aromatic carbocycles. The highest BCUT2D eigenvalue weighted by Crippen LogP contribution is 2.34. The third-order valence-corrected chi connectivity index (χ3v) is 6.64. The maximum atomic E-state index is 13.0. The molecule has 2 aromatic rings. The lowest BCUT2D eigenvalue weighted by Crippen LogP contribution is -2.41. The molecule has 7 nitrogen and oxygen atoms in total. The Morgan fingerprint density at radius 3 is 2.62 bits per heavy atom. The van der Waals surface area contributed by atoms with Crippen molar-refractivity contribution in [1.82, 2.24) is 8.87 Å². The number of nitrogens with zero attached hydrogens (tertiary/aromatic N) is 3. The van der Waals surface area contributed by atoms with Crippen LogP contribution in [0.15, 0.2) is 35.2 Å². The van der Waals surface area contributed by atoms with Crippen LogP contribution in [0.25, 0.3) is 0 Å². The van der Waals surface area contributed by atoms with Gasteiger partial charge in [-0.1, -0.05) is 11.6 Å². The van der Waals surface area contributed by atoms with E-state index in [0.717, 1.165) is 17.5 Å². The van der Waals surface area contributed by atoms with Gasteiger partial charge in [0.1, 0.15) is 5.02 Å². The van der Waals surface area contributed by atoms with Crippen LogP contribution < -0.4 is 0 Å². The average molecular weight is 370 g/mol.